The van der Waals surface area contributed by atoms with E-state index in [4.69, 9.17) is 0 Å². The quantitative estimate of drug-likeness (QED) is 0.831. The summed E-state index contributed by atoms with van der Waals surface area (Å²) < 4.78 is 25.8. The van der Waals surface area contributed by atoms with Crippen LogP contribution in [0, 0.1) is 0 Å². The number of nitrogens with zero attached hydrogens (tertiary/aromatic N) is 2. The van der Waals surface area contributed by atoms with Gasteiger partial charge in [-0.05, 0) is 26.2 Å². The van der Waals surface area contributed by atoms with E-state index in [-0.39, 0.29) is 11.6 Å². The Bertz CT molecular complexity index is 539. The number of carbonyl (C=O) groups is 1. The number of hydrogen-bond donors (Lipinski definition) is 2. The first-order chi connectivity index (χ1) is 8.39. The van der Waals surface area contributed by atoms with Crippen LogP contribution >= 0.6 is 0 Å². The number of aromatic amines is 1. The second-order valence-electron chi connectivity index (χ2n) is 4.53. The van der Waals surface area contributed by atoms with E-state index in [1.165, 1.54) is 19.4 Å². The molecular formula is C10H15N3O4S. The lowest BCUT2D eigenvalue weighted by Crippen LogP contribution is -2.57. The number of hydrogen-bond acceptors (Lipinski definition) is 4. The normalized spacial score (nSPS) is 26.1. The molecule has 1 fully saturated rings. The Morgan fingerprint density at radius 3 is 2.83 bits per heavy atom. The fourth-order valence-corrected chi connectivity index (χ4v) is 3.90. The maximum Gasteiger partial charge on any atom is 0.324 e. The first kappa shape index (κ1) is 13.0. The number of aliphatic carboxylic acids is 1. The molecule has 1 aromatic rings. The number of carboxylic acid groups (broad SMARTS) is 1. The summed E-state index contributed by atoms with van der Waals surface area (Å²) in [6, 6.07) is 0. The van der Waals surface area contributed by atoms with Crippen LogP contribution in [0.4, 0.5) is 0 Å². The number of rotatable bonds is 3. The first-order valence-corrected chi connectivity index (χ1v) is 7.07. The number of carboxylic acids is 1. The molecule has 100 valence electrons. The SMILES string of the molecule is CC1(C(=O)O)CCCCN1S(=O)(=O)c1cnc[nH]1. The van der Waals surface area contributed by atoms with Gasteiger partial charge in [-0.25, -0.2) is 13.4 Å². The van der Waals surface area contributed by atoms with Crippen LogP contribution in [-0.2, 0) is 14.8 Å². The van der Waals surface area contributed by atoms with Crippen molar-refractivity contribution in [3.8, 4) is 0 Å². The largest absolute Gasteiger partial charge is 0.480 e. The molecule has 2 heterocycles. The van der Waals surface area contributed by atoms with Gasteiger partial charge < -0.3 is 10.1 Å². The maximum absolute atomic E-state index is 12.4. The second kappa shape index (κ2) is 4.36. The monoisotopic (exact) mass is 273 g/mol. The van der Waals surface area contributed by atoms with Crippen molar-refractivity contribution in [2.45, 2.75) is 36.8 Å². The minimum Gasteiger partial charge on any atom is -0.480 e. The van der Waals surface area contributed by atoms with Crippen molar-refractivity contribution >= 4 is 16.0 Å². The zero-order valence-electron chi connectivity index (χ0n) is 9.96. The van der Waals surface area contributed by atoms with Crippen molar-refractivity contribution in [3.63, 3.8) is 0 Å². The molecule has 2 N–H and O–H groups in total. The van der Waals surface area contributed by atoms with Crippen molar-refractivity contribution in [2.24, 2.45) is 0 Å². The number of H-pyrrole nitrogens is 1. The topological polar surface area (TPSA) is 103 Å². The highest BCUT2D eigenvalue weighted by Crippen LogP contribution is 2.32. The number of aromatic nitrogens is 2. The Morgan fingerprint density at radius 1 is 1.56 bits per heavy atom. The summed E-state index contributed by atoms with van der Waals surface area (Å²) in [4.78, 5) is 17.6. The van der Waals surface area contributed by atoms with Crippen LogP contribution in [0.2, 0.25) is 0 Å². The molecule has 8 heteroatoms. The summed E-state index contributed by atoms with van der Waals surface area (Å²) >= 11 is 0. The smallest absolute Gasteiger partial charge is 0.324 e. The summed E-state index contributed by atoms with van der Waals surface area (Å²) in [6.07, 6.45) is 4.13. The molecule has 0 aromatic carbocycles. The van der Waals surface area contributed by atoms with Crippen molar-refractivity contribution in [1.29, 1.82) is 0 Å². The molecule has 7 nitrogen and oxygen atoms in total. The predicted octanol–water partition coefficient (Wildman–Crippen LogP) is 0.428. The second-order valence-corrected chi connectivity index (χ2v) is 6.36. The summed E-state index contributed by atoms with van der Waals surface area (Å²) in [7, 11) is -3.84. The van der Waals surface area contributed by atoms with Crippen molar-refractivity contribution in [2.75, 3.05) is 6.54 Å². The summed E-state index contributed by atoms with van der Waals surface area (Å²) in [5, 5.41) is 9.22. The number of piperidine rings is 1. The first-order valence-electron chi connectivity index (χ1n) is 5.63. The van der Waals surface area contributed by atoms with Gasteiger partial charge in [-0.15, -0.1) is 0 Å². The van der Waals surface area contributed by atoms with Crippen LogP contribution in [-0.4, -0.2) is 45.9 Å². The van der Waals surface area contributed by atoms with Gasteiger partial charge in [-0.3, -0.25) is 4.79 Å². The molecular weight excluding hydrogens is 258 g/mol. The van der Waals surface area contributed by atoms with E-state index in [1.807, 2.05) is 0 Å². The van der Waals surface area contributed by atoms with Crippen molar-refractivity contribution in [1.82, 2.24) is 14.3 Å². The average molecular weight is 273 g/mol. The van der Waals surface area contributed by atoms with Gasteiger partial charge in [0.15, 0.2) is 5.03 Å². The zero-order valence-corrected chi connectivity index (χ0v) is 10.8. The van der Waals surface area contributed by atoms with Gasteiger partial charge in [0, 0.05) is 6.54 Å². The standard InChI is InChI=1S/C10H15N3O4S/c1-10(9(14)15)4-2-3-5-13(10)18(16,17)8-6-11-7-12-8/h6-7H,2-5H2,1H3,(H,11,12)(H,14,15). The number of imidazole rings is 1. The van der Waals surface area contributed by atoms with Crippen LogP contribution in [0.1, 0.15) is 26.2 Å². The van der Waals surface area contributed by atoms with Crippen LogP contribution in [0.15, 0.2) is 17.6 Å². The van der Waals surface area contributed by atoms with Gasteiger partial charge in [0.1, 0.15) is 5.54 Å². The lowest BCUT2D eigenvalue weighted by molar-refractivity contribution is -0.149. The molecule has 0 amide bonds. The molecule has 0 spiro atoms. The van der Waals surface area contributed by atoms with E-state index in [0.29, 0.717) is 19.3 Å². The van der Waals surface area contributed by atoms with E-state index in [2.05, 4.69) is 9.97 Å². The van der Waals surface area contributed by atoms with Gasteiger partial charge >= 0.3 is 5.97 Å². The van der Waals surface area contributed by atoms with E-state index in [0.717, 1.165) is 4.31 Å². The highest BCUT2D eigenvalue weighted by molar-refractivity contribution is 7.89. The fraction of sp³-hybridized carbons (Fsp3) is 0.600. The summed E-state index contributed by atoms with van der Waals surface area (Å²) in [6.45, 7) is 1.66. The summed E-state index contributed by atoms with van der Waals surface area (Å²) in [5.74, 6) is -1.12. The lowest BCUT2D eigenvalue weighted by Gasteiger charge is -2.39. The van der Waals surface area contributed by atoms with Gasteiger partial charge in [0.05, 0.1) is 12.5 Å². The lowest BCUT2D eigenvalue weighted by atomic mass is 9.91. The van der Waals surface area contributed by atoms with E-state index in [1.54, 1.807) is 0 Å². The van der Waals surface area contributed by atoms with Gasteiger partial charge in [0.25, 0.3) is 10.0 Å². The third kappa shape index (κ3) is 1.91. The fourth-order valence-electron chi connectivity index (χ4n) is 2.20. The molecule has 0 radical (unpaired) electrons. The predicted molar refractivity (Wildman–Crippen MR) is 62.4 cm³/mol. The molecule has 0 saturated carbocycles. The van der Waals surface area contributed by atoms with Gasteiger partial charge in [-0.2, -0.15) is 4.31 Å². The zero-order chi connectivity index (χ0) is 13.4. The third-order valence-electron chi connectivity index (χ3n) is 3.33. The molecule has 0 bridgehead atoms. The van der Waals surface area contributed by atoms with E-state index >= 15 is 0 Å². The minimum absolute atomic E-state index is 0.0723. The molecule has 1 aromatic heterocycles. The molecule has 2 rings (SSSR count). The molecule has 1 unspecified atom stereocenters. The molecule has 1 aliphatic rings. The van der Waals surface area contributed by atoms with Crippen molar-refractivity contribution in [3.05, 3.63) is 12.5 Å². The van der Waals surface area contributed by atoms with Crippen molar-refractivity contribution < 1.29 is 18.3 Å². The van der Waals surface area contributed by atoms with E-state index in [9.17, 15) is 18.3 Å². The highest BCUT2D eigenvalue weighted by Gasteiger charge is 2.48. The Morgan fingerprint density at radius 2 is 2.28 bits per heavy atom. The Hall–Kier alpha value is -1.41. The van der Waals surface area contributed by atoms with E-state index < -0.39 is 21.5 Å². The average Bonchev–Trinajstić information content (AvgIpc) is 2.83. The molecule has 1 saturated heterocycles. The third-order valence-corrected chi connectivity index (χ3v) is 5.27. The summed E-state index contributed by atoms with van der Waals surface area (Å²) in [5.41, 5.74) is -1.39. The van der Waals surface area contributed by atoms with Crippen LogP contribution in [0.5, 0.6) is 0 Å². The molecule has 1 aliphatic heterocycles. The van der Waals surface area contributed by atoms with Gasteiger partial charge in [0.2, 0.25) is 0 Å². The Balaban J connectivity index is 2.45. The maximum atomic E-state index is 12.4. The molecule has 18 heavy (non-hydrogen) atoms. The molecule has 1 atom stereocenters. The van der Waals surface area contributed by atoms with Crippen LogP contribution < -0.4 is 0 Å². The minimum atomic E-state index is -3.84. The Labute approximate surface area is 105 Å². The number of sulfonamides is 1. The van der Waals surface area contributed by atoms with Crippen LogP contribution in [0.25, 0.3) is 0 Å². The Kier molecular flexibility index (Phi) is 3.16. The van der Waals surface area contributed by atoms with Gasteiger partial charge in [-0.1, -0.05) is 0 Å². The molecule has 0 aliphatic carbocycles. The van der Waals surface area contributed by atoms with Crippen LogP contribution in [0.3, 0.4) is 0 Å². The number of nitrogens with one attached hydrogen (secondary N) is 1. The highest BCUT2D eigenvalue weighted by atomic mass is 32.2.